The summed E-state index contributed by atoms with van der Waals surface area (Å²) in [4.78, 5) is 6.80. The average molecular weight is 519 g/mol. The molecular weight excluding hydrogens is 489 g/mol. The van der Waals surface area contributed by atoms with Crippen LogP contribution in [0.5, 0.6) is 0 Å². The Bertz CT molecular complexity index is 863. The summed E-state index contributed by atoms with van der Waals surface area (Å²) in [7, 11) is 2.21. The Morgan fingerprint density at radius 3 is 2.36 bits per heavy atom. The zero-order valence-corrected chi connectivity index (χ0v) is 20.0. The Hall–Kier alpha value is -1.59. The van der Waals surface area contributed by atoms with Gasteiger partial charge in [0.2, 0.25) is 10.0 Å². The molecule has 0 aliphatic carbocycles. The highest BCUT2D eigenvalue weighted by Crippen LogP contribution is 2.10. The van der Waals surface area contributed by atoms with E-state index in [4.69, 9.17) is 4.99 Å². The van der Waals surface area contributed by atoms with Gasteiger partial charge in [-0.15, -0.1) is 24.0 Å². The van der Waals surface area contributed by atoms with E-state index < -0.39 is 10.0 Å². The van der Waals surface area contributed by atoms with Gasteiger partial charge >= 0.3 is 0 Å². The van der Waals surface area contributed by atoms with E-state index in [9.17, 15) is 8.42 Å². The molecule has 9 heteroatoms. The normalized spacial score (nSPS) is 11.8. The molecule has 156 valence electrons. The van der Waals surface area contributed by atoms with Crippen molar-refractivity contribution in [1.29, 1.82) is 0 Å². The van der Waals surface area contributed by atoms with Crippen LogP contribution in [0, 0.1) is 0 Å². The van der Waals surface area contributed by atoms with Crippen LogP contribution < -0.4 is 10.0 Å². The SMILES string of the molecule is CCNC(=NCc1ccc(CS(=O)(=O)NC)cc1)N(C)Cc1cccn1C.I. The summed E-state index contributed by atoms with van der Waals surface area (Å²) in [5.74, 6) is 0.815. The van der Waals surface area contributed by atoms with Crippen LogP contribution >= 0.6 is 24.0 Å². The Balaban J connectivity index is 0.00000392. The summed E-state index contributed by atoms with van der Waals surface area (Å²) < 4.78 is 27.7. The summed E-state index contributed by atoms with van der Waals surface area (Å²) in [6.45, 7) is 4.12. The van der Waals surface area contributed by atoms with Crippen LogP contribution in [0.3, 0.4) is 0 Å². The Labute approximate surface area is 185 Å². The molecule has 0 saturated heterocycles. The van der Waals surface area contributed by atoms with Crippen molar-refractivity contribution in [2.45, 2.75) is 25.8 Å². The van der Waals surface area contributed by atoms with Crippen LogP contribution in [0.2, 0.25) is 0 Å². The number of nitrogens with one attached hydrogen (secondary N) is 2. The molecular formula is C19H30IN5O2S. The predicted molar refractivity (Wildman–Crippen MR) is 125 cm³/mol. The van der Waals surface area contributed by atoms with Crippen molar-refractivity contribution in [3.05, 3.63) is 59.4 Å². The van der Waals surface area contributed by atoms with E-state index in [-0.39, 0.29) is 29.7 Å². The average Bonchev–Trinajstić information content (AvgIpc) is 3.04. The third-order valence-corrected chi connectivity index (χ3v) is 5.58. The fourth-order valence-corrected chi connectivity index (χ4v) is 3.42. The zero-order chi connectivity index (χ0) is 19.9. The number of hydrogen-bond acceptors (Lipinski definition) is 3. The van der Waals surface area contributed by atoms with Crippen molar-refractivity contribution in [2.75, 3.05) is 20.6 Å². The lowest BCUT2D eigenvalue weighted by Gasteiger charge is -2.22. The molecule has 0 spiro atoms. The number of sulfonamides is 1. The maximum absolute atomic E-state index is 11.6. The molecule has 0 aliphatic rings. The van der Waals surface area contributed by atoms with Gasteiger partial charge in [-0.3, -0.25) is 0 Å². The van der Waals surface area contributed by atoms with Gasteiger partial charge in [-0.1, -0.05) is 24.3 Å². The van der Waals surface area contributed by atoms with Gasteiger partial charge in [-0.05, 0) is 37.2 Å². The van der Waals surface area contributed by atoms with Crippen molar-refractivity contribution in [3.63, 3.8) is 0 Å². The van der Waals surface area contributed by atoms with E-state index in [1.54, 1.807) is 0 Å². The fourth-order valence-electron chi connectivity index (χ4n) is 2.65. The summed E-state index contributed by atoms with van der Waals surface area (Å²) in [5.41, 5.74) is 2.99. The van der Waals surface area contributed by atoms with Gasteiger partial charge in [0.25, 0.3) is 0 Å². The van der Waals surface area contributed by atoms with E-state index in [0.717, 1.165) is 30.2 Å². The van der Waals surface area contributed by atoms with Gasteiger partial charge in [-0.25, -0.2) is 18.1 Å². The lowest BCUT2D eigenvalue weighted by molar-refractivity contribution is 0.462. The van der Waals surface area contributed by atoms with Gasteiger partial charge < -0.3 is 14.8 Å². The predicted octanol–water partition coefficient (Wildman–Crippen LogP) is 2.29. The van der Waals surface area contributed by atoms with Gasteiger partial charge in [0.05, 0.1) is 18.8 Å². The first kappa shape index (κ1) is 24.4. The summed E-state index contributed by atoms with van der Waals surface area (Å²) in [5, 5.41) is 3.31. The lowest BCUT2D eigenvalue weighted by atomic mass is 10.1. The number of nitrogens with zero attached hydrogens (tertiary/aromatic N) is 3. The van der Waals surface area contributed by atoms with Gasteiger partial charge in [0.1, 0.15) is 0 Å². The Kier molecular flexibility index (Phi) is 9.97. The number of aryl methyl sites for hydroxylation is 1. The summed E-state index contributed by atoms with van der Waals surface area (Å²) in [6, 6.07) is 11.6. The molecule has 2 aromatic rings. The number of aliphatic imine (C=N–C) groups is 1. The highest BCUT2D eigenvalue weighted by atomic mass is 127. The molecule has 1 aromatic heterocycles. The smallest absolute Gasteiger partial charge is 0.215 e. The van der Waals surface area contributed by atoms with Crippen molar-refractivity contribution in [1.82, 2.24) is 19.5 Å². The van der Waals surface area contributed by atoms with Crippen LogP contribution in [0.1, 0.15) is 23.7 Å². The third-order valence-electron chi connectivity index (χ3n) is 4.25. The molecule has 0 saturated carbocycles. The number of hydrogen-bond donors (Lipinski definition) is 2. The minimum atomic E-state index is -3.25. The molecule has 0 amide bonds. The van der Waals surface area contributed by atoms with Crippen molar-refractivity contribution >= 4 is 40.0 Å². The van der Waals surface area contributed by atoms with Crippen LogP contribution in [-0.4, -0.2) is 44.5 Å². The summed E-state index contributed by atoms with van der Waals surface area (Å²) in [6.07, 6.45) is 2.03. The molecule has 7 nitrogen and oxygen atoms in total. The molecule has 0 aliphatic heterocycles. The zero-order valence-electron chi connectivity index (χ0n) is 16.8. The topological polar surface area (TPSA) is 78.7 Å². The molecule has 1 heterocycles. The van der Waals surface area contributed by atoms with Crippen molar-refractivity contribution in [3.8, 4) is 0 Å². The quantitative estimate of drug-likeness (QED) is 0.319. The van der Waals surface area contributed by atoms with Crippen LogP contribution in [0.4, 0.5) is 0 Å². The molecule has 1 aromatic carbocycles. The van der Waals surface area contributed by atoms with Gasteiger partial charge in [0, 0.05) is 32.5 Å². The Morgan fingerprint density at radius 1 is 1.18 bits per heavy atom. The minimum Gasteiger partial charge on any atom is -0.357 e. The number of rotatable bonds is 8. The van der Waals surface area contributed by atoms with Gasteiger partial charge in [-0.2, -0.15) is 0 Å². The number of guanidine groups is 1. The standard InChI is InChI=1S/C19H29N5O2S.HI/c1-5-21-19(24(4)14-18-7-6-12-23(18)3)22-13-16-8-10-17(11-9-16)15-27(25,26)20-2;/h6-12,20H,5,13-15H2,1-4H3,(H,21,22);1H. The number of halogens is 1. The highest BCUT2D eigenvalue weighted by molar-refractivity contribution is 14.0. The third kappa shape index (κ3) is 7.44. The molecule has 28 heavy (non-hydrogen) atoms. The second-order valence-corrected chi connectivity index (χ2v) is 8.34. The molecule has 0 unspecified atom stereocenters. The second-order valence-electron chi connectivity index (χ2n) is 6.42. The van der Waals surface area contributed by atoms with Crippen molar-refractivity contribution in [2.24, 2.45) is 12.0 Å². The lowest BCUT2D eigenvalue weighted by Crippen LogP contribution is -2.38. The monoisotopic (exact) mass is 519 g/mol. The number of benzene rings is 1. The van der Waals surface area contributed by atoms with E-state index in [2.05, 4.69) is 25.6 Å². The van der Waals surface area contributed by atoms with Crippen molar-refractivity contribution < 1.29 is 8.42 Å². The molecule has 0 radical (unpaired) electrons. The highest BCUT2D eigenvalue weighted by Gasteiger charge is 2.10. The molecule has 2 N–H and O–H groups in total. The first-order valence-corrected chi connectivity index (χ1v) is 10.6. The molecule has 0 fully saturated rings. The molecule has 0 atom stereocenters. The van der Waals surface area contributed by atoms with E-state index in [0.29, 0.717) is 6.54 Å². The molecule has 0 bridgehead atoms. The maximum Gasteiger partial charge on any atom is 0.215 e. The van der Waals surface area contributed by atoms with E-state index in [1.807, 2.05) is 57.5 Å². The number of aromatic nitrogens is 1. The Morgan fingerprint density at radius 2 is 1.82 bits per heavy atom. The first-order chi connectivity index (χ1) is 12.8. The molecule has 2 rings (SSSR count). The minimum absolute atomic E-state index is 0. The fraction of sp³-hybridized carbons (Fsp3) is 0.421. The van der Waals surface area contributed by atoms with Gasteiger partial charge in [0.15, 0.2) is 5.96 Å². The second kappa shape index (κ2) is 11.4. The van der Waals surface area contributed by atoms with Crippen LogP contribution in [0.15, 0.2) is 47.6 Å². The van der Waals surface area contributed by atoms with E-state index in [1.165, 1.54) is 12.7 Å². The largest absolute Gasteiger partial charge is 0.357 e. The van der Waals surface area contributed by atoms with E-state index >= 15 is 0 Å². The first-order valence-electron chi connectivity index (χ1n) is 8.93. The van der Waals surface area contributed by atoms with Crippen LogP contribution in [-0.2, 0) is 35.9 Å². The summed E-state index contributed by atoms with van der Waals surface area (Å²) >= 11 is 0. The van der Waals surface area contributed by atoms with Crippen LogP contribution in [0.25, 0.3) is 0 Å². The maximum atomic E-state index is 11.6.